The van der Waals surface area contributed by atoms with Gasteiger partial charge >= 0.3 is 5.97 Å². The molecule has 0 radical (unpaired) electrons. The molecule has 3 heterocycles. The van der Waals surface area contributed by atoms with E-state index in [9.17, 15) is 9.59 Å². The number of rotatable bonds is 3. The fourth-order valence-electron chi connectivity index (χ4n) is 4.22. The smallest absolute Gasteiger partial charge is 0.359 e. The largest absolute Gasteiger partial charge is 0.456 e. The van der Waals surface area contributed by atoms with E-state index in [1.807, 2.05) is 18.2 Å². The number of amides is 1. The number of benzene rings is 2. The second-order valence-corrected chi connectivity index (χ2v) is 8.12. The van der Waals surface area contributed by atoms with E-state index in [2.05, 4.69) is 4.98 Å². The Hall–Kier alpha value is -2.83. The number of ether oxygens (including phenoxy) is 1. The van der Waals surface area contributed by atoms with Crippen LogP contribution < -0.4 is 0 Å². The molecule has 0 N–H and O–H groups in total. The maximum Gasteiger partial charge on any atom is 0.359 e. The van der Waals surface area contributed by atoms with Gasteiger partial charge in [0, 0.05) is 17.1 Å². The molecule has 2 aliphatic rings. The first kappa shape index (κ1) is 19.2. The Balaban J connectivity index is 1.56. The second kappa shape index (κ2) is 7.45. The molecule has 2 aliphatic heterocycles. The summed E-state index contributed by atoms with van der Waals surface area (Å²) < 4.78 is 7.31. The maximum absolute atomic E-state index is 13.2. The van der Waals surface area contributed by atoms with E-state index in [-0.39, 0.29) is 24.2 Å². The summed E-state index contributed by atoms with van der Waals surface area (Å²) in [5, 5.41) is 0.914. The number of hydrogen-bond acceptors (Lipinski definition) is 4. The summed E-state index contributed by atoms with van der Waals surface area (Å²) >= 11 is 12.5. The zero-order valence-corrected chi connectivity index (χ0v) is 17.4. The van der Waals surface area contributed by atoms with Crippen molar-refractivity contribution in [1.82, 2.24) is 14.5 Å². The van der Waals surface area contributed by atoms with Crippen LogP contribution in [0.2, 0.25) is 10.0 Å². The van der Waals surface area contributed by atoms with Gasteiger partial charge in [-0.2, -0.15) is 0 Å². The van der Waals surface area contributed by atoms with Crippen molar-refractivity contribution in [2.45, 2.75) is 25.5 Å². The van der Waals surface area contributed by atoms with Gasteiger partial charge in [0.05, 0.1) is 28.0 Å². The standard InChI is InChI=1S/C22H17Cl2N3O3/c23-14-6-2-1-5-13(14)11-30-22(29)19-20-17-9-4-10-26(17)21(28)18-15(24)7-3-8-16(18)27(20)12-25-19/h1-3,5-8,12,17H,4,9-11H2/t17-/m0/s1. The van der Waals surface area contributed by atoms with Crippen molar-refractivity contribution in [3.05, 3.63) is 81.4 Å². The van der Waals surface area contributed by atoms with E-state index >= 15 is 0 Å². The summed E-state index contributed by atoms with van der Waals surface area (Å²) in [5.74, 6) is -0.675. The van der Waals surface area contributed by atoms with E-state index in [1.54, 1.807) is 40.1 Å². The van der Waals surface area contributed by atoms with Crippen molar-refractivity contribution in [3.8, 4) is 5.69 Å². The van der Waals surface area contributed by atoms with Crippen molar-refractivity contribution in [1.29, 1.82) is 0 Å². The van der Waals surface area contributed by atoms with Gasteiger partial charge in [0.25, 0.3) is 5.91 Å². The molecule has 0 bridgehead atoms. The van der Waals surface area contributed by atoms with Crippen molar-refractivity contribution >= 4 is 35.1 Å². The second-order valence-electron chi connectivity index (χ2n) is 7.31. The van der Waals surface area contributed by atoms with Gasteiger partial charge in [0.2, 0.25) is 0 Å². The average Bonchev–Trinajstić information content (AvgIpc) is 3.37. The van der Waals surface area contributed by atoms with Crippen molar-refractivity contribution < 1.29 is 14.3 Å². The molecule has 152 valence electrons. The van der Waals surface area contributed by atoms with Crippen LogP contribution in [0.25, 0.3) is 5.69 Å². The van der Waals surface area contributed by atoms with Crippen LogP contribution in [-0.2, 0) is 11.3 Å². The molecule has 0 unspecified atom stereocenters. The fraction of sp³-hybridized carbons (Fsp3) is 0.227. The lowest BCUT2D eigenvalue weighted by atomic mass is 10.1. The Bertz CT molecular complexity index is 1170. The van der Waals surface area contributed by atoms with Gasteiger partial charge < -0.3 is 9.64 Å². The van der Waals surface area contributed by atoms with E-state index in [4.69, 9.17) is 27.9 Å². The predicted octanol–water partition coefficient (Wildman–Crippen LogP) is 4.83. The Morgan fingerprint density at radius 1 is 1.13 bits per heavy atom. The zero-order chi connectivity index (χ0) is 20.8. The highest BCUT2D eigenvalue weighted by Gasteiger charge is 2.41. The molecule has 1 amide bonds. The lowest BCUT2D eigenvalue weighted by molar-refractivity contribution is 0.0460. The van der Waals surface area contributed by atoms with Gasteiger partial charge in [-0.1, -0.05) is 47.5 Å². The Labute approximate surface area is 183 Å². The van der Waals surface area contributed by atoms with Gasteiger partial charge in [-0.05, 0) is 31.0 Å². The Morgan fingerprint density at radius 2 is 1.93 bits per heavy atom. The molecule has 1 aromatic heterocycles. The molecule has 3 aromatic rings. The third-order valence-corrected chi connectivity index (χ3v) is 6.29. The molecular weight excluding hydrogens is 425 g/mol. The molecule has 1 saturated heterocycles. The average molecular weight is 442 g/mol. The summed E-state index contributed by atoms with van der Waals surface area (Å²) in [6.07, 6.45) is 3.15. The molecule has 0 saturated carbocycles. The molecule has 5 rings (SSSR count). The van der Waals surface area contributed by atoms with Crippen LogP contribution in [0.1, 0.15) is 51.0 Å². The first-order valence-corrected chi connectivity index (χ1v) is 10.4. The van der Waals surface area contributed by atoms with E-state index in [0.717, 1.165) is 12.8 Å². The summed E-state index contributed by atoms with van der Waals surface area (Å²) in [6.45, 7) is 0.647. The number of nitrogens with zero attached hydrogens (tertiary/aromatic N) is 3. The number of imidazole rings is 1. The summed E-state index contributed by atoms with van der Waals surface area (Å²) in [4.78, 5) is 32.3. The quantitative estimate of drug-likeness (QED) is 0.546. The Kier molecular flexibility index (Phi) is 4.76. The number of halogens is 2. The highest BCUT2D eigenvalue weighted by Crippen LogP contribution is 2.41. The number of hydrogen-bond donors (Lipinski definition) is 0. The van der Waals surface area contributed by atoms with E-state index < -0.39 is 5.97 Å². The van der Waals surface area contributed by atoms with E-state index in [0.29, 0.717) is 39.1 Å². The minimum absolute atomic E-state index is 0.0422. The lowest BCUT2D eigenvalue weighted by Gasteiger charge is -2.23. The lowest BCUT2D eigenvalue weighted by Crippen LogP contribution is -2.30. The topological polar surface area (TPSA) is 64.4 Å². The van der Waals surface area contributed by atoms with Crippen LogP contribution in [0, 0.1) is 0 Å². The molecule has 2 aromatic carbocycles. The third kappa shape index (κ3) is 2.99. The summed E-state index contributed by atoms with van der Waals surface area (Å²) in [7, 11) is 0. The van der Waals surface area contributed by atoms with Gasteiger partial charge in [0.1, 0.15) is 12.9 Å². The maximum atomic E-state index is 13.2. The number of aromatic nitrogens is 2. The molecule has 1 atom stereocenters. The molecule has 30 heavy (non-hydrogen) atoms. The monoisotopic (exact) mass is 441 g/mol. The molecular formula is C22H17Cl2N3O3. The number of fused-ring (bicyclic) bond motifs is 5. The third-order valence-electron chi connectivity index (χ3n) is 5.61. The summed E-state index contributed by atoms with van der Waals surface area (Å²) in [5.41, 5.74) is 2.63. The minimum atomic E-state index is -0.548. The fourth-order valence-corrected chi connectivity index (χ4v) is 4.66. The molecule has 6 nitrogen and oxygen atoms in total. The SMILES string of the molecule is O=C(OCc1ccccc1Cl)c1ncn2c1[C@@H]1CCCN1C(=O)c1c(Cl)cccc1-2. The minimum Gasteiger partial charge on any atom is -0.456 e. The molecule has 0 spiro atoms. The van der Waals surface area contributed by atoms with Crippen LogP contribution >= 0.6 is 23.2 Å². The summed E-state index contributed by atoms with van der Waals surface area (Å²) in [6, 6.07) is 12.2. The van der Waals surface area contributed by atoms with Gasteiger partial charge in [0.15, 0.2) is 5.69 Å². The van der Waals surface area contributed by atoms with Crippen LogP contribution in [0.3, 0.4) is 0 Å². The van der Waals surface area contributed by atoms with Crippen LogP contribution in [0.5, 0.6) is 0 Å². The highest BCUT2D eigenvalue weighted by molar-refractivity contribution is 6.34. The molecule has 1 fully saturated rings. The highest BCUT2D eigenvalue weighted by atomic mass is 35.5. The van der Waals surface area contributed by atoms with Crippen LogP contribution in [-0.4, -0.2) is 32.9 Å². The molecule has 8 heteroatoms. The first-order valence-electron chi connectivity index (χ1n) is 9.64. The normalized spacial score (nSPS) is 17.2. The van der Waals surface area contributed by atoms with Crippen LogP contribution in [0.15, 0.2) is 48.8 Å². The number of carbonyl (C=O) groups excluding carboxylic acids is 2. The van der Waals surface area contributed by atoms with Gasteiger partial charge in [-0.25, -0.2) is 9.78 Å². The predicted molar refractivity (Wildman–Crippen MR) is 112 cm³/mol. The van der Waals surface area contributed by atoms with Gasteiger partial charge in [-0.15, -0.1) is 0 Å². The number of carbonyl (C=O) groups is 2. The zero-order valence-electron chi connectivity index (χ0n) is 15.8. The molecule has 0 aliphatic carbocycles. The number of esters is 1. The van der Waals surface area contributed by atoms with Crippen molar-refractivity contribution in [2.24, 2.45) is 0 Å². The van der Waals surface area contributed by atoms with Crippen molar-refractivity contribution in [2.75, 3.05) is 6.54 Å². The van der Waals surface area contributed by atoms with Crippen LogP contribution in [0.4, 0.5) is 0 Å². The van der Waals surface area contributed by atoms with Gasteiger partial charge in [-0.3, -0.25) is 9.36 Å². The van der Waals surface area contributed by atoms with Crippen molar-refractivity contribution in [3.63, 3.8) is 0 Å². The van der Waals surface area contributed by atoms with E-state index in [1.165, 1.54) is 0 Å². The Morgan fingerprint density at radius 3 is 2.77 bits per heavy atom. The first-order chi connectivity index (χ1) is 14.6.